The number of anilines is 2. The fourth-order valence-electron chi connectivity index (χ4n) is 3.60. The monoisotopic (exact) mass is 482 g/mol. The first-order chi connectivity index (χ1) is 14.5. The van der Waals surface area contributed by atoms with Gasteiger partial charge < -0.3 is 10.2 Å². The van der Waals surface area contributed by atoms with Gasteiger partial charge in [0.25, 0.3) is 0 Å². The Kier molecular flexibility index (Phi) is 6.06. The fourth-order valence-corrected chi connectivity index (χ4v) is 4.25. The number of hydrogen-bond donors (Lipinski definition) is 2. The SMILES string of the molecule is N#Cc1cccc(NC(=O)N(S)C2CCN(c3nncc4ccc(Br)cc34)CC2)c1. The molecule has 0 aliphatic carbocycles. The second kappa shape index (κ2) is 8.90. The summed E-state index contributed by atoms with van der Waals surface area (Å²) in [6.07, 6.45) is 3.29. The molecule has 0 spiro atoms. The van der Waals surface area contributed by atoms with Crippen molar-refractivity contribution in [1.29, 1.82) is 5.26 Å². The summed E-state index contributed by atoms with van der Waals surface area (Å²) in [5.41, 5.74) is 1.07. The van der Waals surface area contributed by atoms with Crippen molar-refractivity contribution in [2.24, 2.45) is 0 Å². The Labute approximate surface area is 188 Å². The highest BCUT2D eigenvalue weighted by molar-refractivity contribution is 9.10. The number of nitrogens with one attached hydrogen (secondary N) is 1. The number of aromatic nitrogens is 2. The van der Waals surface area contributed by atoms with Crippen LogP contribution in [0.4, 0.5) is 16.3 Å². The van der Waals surface area contributed by atoms with Crippen molar-refractivity contribution >= 4 is 57.1 Å². The van der Waals surface area contributed by atoms with Crippen molar-refractivity contribution in [3.05, 3.63) is 58.7 Å². The van der Waals surface area contributed by atoms with E-state index in [-0.39, 0.29) is 12.1 Å². The minimum Gasteiger partial charge on any atom is -0.354 e. The Morgan fingerprint density at radius 3 is 2.83 bits per heavy atom. The highest BCUT2D eigenvalue weighted by Crippen LogP contribution is 2.29. The third kappa shape index (κ3) is 4.35. The maximum absolute atomic E-state index is 12.6. The zero-order valence-electron chi connectivity index (χ0n) is 16.0. The van der Waals surface area contributed by atoms with E-state index in [0.717, 1.165) is 47.0 Å². The van der Waals surface area contributed by atoms with Crippen LogP contribution in [0.3, 0.4) is 0 Å². The smallest absolute Gasteiger partial charge is 0.331 e. The molecule has 0 atom stereocenters. The lowest BCUT2D eigenvalue weighted by atomic mass is 10.0. The number of nitriles is 1. The highest BCUT2D eigenvalue weighted by Gasteiger charge is 2.27. The van der Waals surface area contributed by atoms with Crippen molar-refractivity contribution < 1.29 is 4.79 Å². The van der Waals surface area contributed by atoms with Crippen LogP contribution < -0.4 is 10.2 Å². The number of urea groups is 1. The van der Waals surface area contributed by atoms with E-state index in [2.05, 4.69) is 61.3 Å². The number of thiol groups is 1. The third-order valence-electron chi connectivity index (χ3n) is 5.17. The van der Waals surface area contributed by atoms with Crippen LogP contribution in [0.25, 0.3) is 10.8 Å². The van der Waals surface area contributed by atoms with Crippen LogP contribution in [-0.4, -0.2) is 39.7 Å². The number of hydrogen-bond acceptors (Lipinski definition) is 6. The van der Waals surface area contributed by atoms with Crippen molar-refractivity contribution in [2.45, 2.75) is 18.9 Å². The molecule has 3 aromatic rings. The lowest BCUT2D eigenvalue weighted by Crippen LogP contribution is -2.45. The molecule has 0 radical (unpaired) electrons. The zero-order valence-corrected chi connectivity index (χ0v) is 18.5. The Hall–Kier alpha value is -2.83. The summed E-state index contributed by atoms with van der Waals surface area (Å²) in [5.74, 6) is 0.857. The van der Waals surface area contributed by atoms with E-state index >= 15 is 0 Å². The second-order valence-corrected chi connectivity index (χ2v) is 8.43. The van der Waals surface area contributed by atoms with Crippen molar-refractivity contribution in [3.8, 4) is 6.07 Å². The van der Waals surface area contributed by atoms with E-state index in [0.29, 0.717) is 11.3 Å². The number of carbonyl (C=O) groups is 1. The molecule has 152 valence electrons. The molecule has 2 aromatic carbocycles. The largest absolute Gasteiger partial charge is 0.354 e. The van der Waals surface area contributed by atoms with E-state index in [1.807, 2.05) is 12.1 Å². The molecule has 1 saturated heterocycles. The molecule has 0 bridgehead atoms. The van der Waals surface area contributed by atoms with Crippen molar-refractivity contribution in [3.63, 3.8) is 0 Å². The zero-order chi connectivity index (χ0) is 21.1. The summed E-state index contributed by atoms with van der Waals surface area (Å²) in [6, 6.07) is 14.6. The van der Waals surface area contributed by atoms with Gasteiger partial charge in [-0.2, -0.15) is 10.4 Å². The molecule has 7 nitrogen and oxygen atoms in total. The molecule has 1 aliphatic heterocycles. The van der Waals surface area contributed by atoms with Crippen LogP contribution in [0.2, 0.25) is 0 Å². The summed E-state index contributed by atoms with van der Waals surface area (Å²) in [6.45, 7) is 1.50. The van der Waals surface area contributed by atoms with Crippen LogP contribution in [0.15, 0.2) is 53.1 Å². The van der Waals surface area contributed by atoms with Gasteiger partial charge in [-0.3, -0.25) is 4.31 Å². The summed E-state index contributed by atoms with van der Waals surface area (Å²) in [5, 5.41) is 22.4. The molecule has 0 saturated carbocycles. The van der Waals surface area contributed by atoms with Gasteiger partial charge in [0.15, 0.2) is 5.82 Å². The standard InChI is InChI=1S/C21H19BrN6OS/c22-16-5-4-15-13-24-26-20(19(15)11-16)27-8-6-18(7-9-27)28(30)21(29)25-17-3-1-2-14(10-17)12-23/h1-5,10-11,13,18,30H,6-9H2,(H,25,29). The van der Waals surface area contributed by atoms with E-state index < -0.39 is 0 Å². The summed E-state index contributed by atoms with van der Waals surface area (Å²) in [7, 11) is 0. The predicted octanol–water partition coefficient (Wildman–Crippen LogP) is 4.61. The van der Waals surface area contributed by atoms with Crippen LogP contribution in [0.1, 0.15) is 18.4 Å². The fraction of sp³-hybridized carbons (Fsp3) is 0.238. The van der Waals surface area contributed by atoms with Crippen molar-refractivity contribution in [2.75, 3.05) is 23.3 Å². The maximum atomic E-state index is 12.6. The number of halogens is 1. The number of carbonyl (C=O) groups excluding carboxylic acids is 1. The number of nitrogens with zero attached hydrogens (tertiary/aromatic N) is 5. The summed E-state index contributed by atoms with van der Waals surface area (Å²) >= 11 is 7.97. The van der Waals surface area contributed by atoms with E-state index in [1.165, 1.54) is 4.31 Å². The highest BCUT2D eigenvalue weighted by atomic mass is 79.9. The topological polar surface area (TPSA) is 85.2 Å². The third-order valence-corrected chi connectivity index (χ3v) is 6.17. The Balaban J connectivity index is 1.41. The van der Waals surface area contributed by atoms with Gasteiger partial charge in [0, 0.05) is 40.1 Å². The molecule has 1 N–H and O–H groups in total. The molecule has 2 heterocycles. The molecule has 4 rings (SSSR count). The molecule has 0 unspecified atom stereocenters. The first-order valence-electron chi connectivity index (χ1n) is 9.50. The van der Waals surface area contributed by atoms with E-state index in [4.69, 9.17) is 5.26 Å². The predicted molar refractivity (Wildman–Crippen MR) is 123 cm³/mol. The van der Waals surface area contributed by atoms with Gasteiger partial charge in [0.2, 0.25) is 0 Å². The number of benzene rings is 2. The Bertz CT molecular complexity index is 1130. The molecule has 30 heavy (non-hydrogen) atoms. The molecule has 9 heteroatoms. The number of fused-ring (bicyclic) bond motifs is 1. The first kappa shape index (κ1) is 20.4. The van der Waals surface area contributed by atoms with Crippen LogP contribution in [0, 0.1) is 11.3 Å². The van der Waals surface area contributed by atoms with Gasteiger partial charge in [-0.25, -0.2) is 4.79 Å². The molecular formula is C21H19BrN6OS. The minimum absolute atomic E-state index is 0.00148. The van der Waals surface area contributed by atoms with Crippen LogP contribution >= 0.6 is 28.7 Å². The van der Waals surface area contributed by atoms with Crippen molar-refractivity contribution in [1.82, 2.24) is 14.5 Å². The Morgan fingerprint density at radius 2 is 2.07 bits per heavy atom. The maximum Gasteiger partial charge on any atom is 0.331 e. The van der Waals surface area contributed by atoms with Crippen LogP contribution in [0.5, 0.6) is 0 Å². The van der Waals surface area contributed by atoms with Gasteiger partial charge in [-0.15, -0.1) is 5.10 Å². The van der Waals surface area contributed by atoms with Gasteiger partial charge >= 0.3 is 6.03 Å². The summed E-state index contributed by atoms with van der Waals surface area (Å²) in [4.78, 5) is 14.8. The van der Waals surface area contributed by atoms with Gasteiger partial charge in [0.05, 0.1) is 17.8 Å². The first-order valence-corrected chi connectivity index (χ1v) is 10.7. The molecular weight excluding hydrogens is 464 g/mol. The lowest BCUT2D eigenvalue weighted by molar-refractivity contribution is 0.223. The quantitative estimate of drug-likeness (QED) is 0.532. The Morgan fingerprint density at radius 1 is 1.27 bits per heavy atom. The van der Waals surface area contributed by atoms with Gasteiger partial charge in [0.1, 0.15) is 0 Å². The average Bonchev–Trinajstić information content (AvgIpc) is 2.78. The van der Waals surface area contributed by atoms with E-state index in [1.54, 1.807) is 30.5 Å². The average molecular weight is 483 g/mol. The lowest BCUT2D eigenvalue weighted by Gasteiger charge is -2.36. The summed E-state index contributed by atoms with van der Waals surface area (Å²) < 4.78 is 2.44. The van der Waals surface area contributed by atoms with Crippen LogP contribution in [-0.2, 0) is 0 Å². The molecule has 2 amide bonds. The number of piperidine rings is 1. The van der Waals surface area contributed by atoms with Gasteiger partial charge in [-0.1, -0.05) is 40.9 Å². The molecule has 1 aliphatic rings. The number of rotatable bonds is 3. The molecule has 1 aromatic heterocycles. The normalized spacial score (nSPS) is 14.4. The number of amides is 2. The second-order valence-electron chi connectivity index (χ2n) is 7.09. The molecule has 1 fully saturated rings. The van der Waals surface area contributed by atoms with E-state index in [9.17, 15) is 4.79 Å². The van der Waals surface area contributed by atoms with Gasteiger partial charge in [-0.05, 0) is 43.2 Å². The minimum atomic E-state index is -0.305.